The first-order valence-electron chi connectivity index (χ1n) is 7.40. The van der Waals surface area contributed by atoms with Crippen molar-refractivity contribution in [1.82, 2.24) is 0 Å². The first kappa shape index (κ1) is 16.8. The van der Waals surface area contributed by atoms with Crippen molar-refractivity contribution in [2.45, 2.75) is 0 Å². The van der Waals surface area contributed by atoms with Gasteiger partial charge in [0, 0.05) is 16.1 Å². The summed E-state index contributed by atoms with van der Waals surface area (Å²) in [6, 6.07) is 13.5. The summed E-state index contributed by atoms with van der Waals surface area (Å²) in [7, 11) is 1.27. The zero-order chi connectivity index (χ0) is 17.8. The number of hydrogen-bond acceptors (Lipinski definition) is 4. The molecular weight excluding hydrogens is 342 g/mol. The van der Waals surface area contributed by atoms with Crippen LogP contribution in [0.5, 0.6) is 0 Å². The summed E-state index contributed by atoms with van der Waals surface area (Å²) in [6.07, 6.45) is 3.17. The van der Waals surface area contributed by atoms with Gasteiger partial charge in [0.15, 0.2) is 0 Å². The summed E-state index contributed by atoms with van der Waals surface area (Å²) in [5, 5.41) is 3.10. The standard InChI is InChI=1S/C19H14ClNO4/c1-24-19(23)16-10-15(20)5-6-17(16)21-18(22)13-4-2-3-12(9-13)14-7-8-25-11-14/h2-11H,1H3,(H,21,22). The van der Waals surface area contributed by atoms with Crippen molar-refractivity contribution in [3.63, 3.8) is 0 Å². The van der Waals surface area contributed by atoms with E-state index in [2.05, 4.69) is 5.32 Å². The van der Waals surface area contributed by atoms with Crippen molar-refractivity contribution in [2.24, 2.45) is 0 Å². The molecule has 5 nitrogen and oxygen atoms in total. The van der Waals surface area contributed by atoms with Gasteiger partial charge in [0.25, 0.3) is 5.91 Å². The molecule has 1 amide bonds. The monoisotopic (exact) mass is 355 g/mol. The molecule has 0 aliphatic rings. The summed E-state index contributed by atoms with van der Waals surface area (Å²) >= 11 is 5.92. The van der Waals surface area contributed by atoms with Gasteiger partial charge in [-0.3, -0.25) is 4.79 Å². The Hall–Kier alpha value is -3.05. The summed E-state index contributed by atoms with van der Waals surface area (Å²) < 4.78 is 9.79. The highest BCUT2D eigenvalue weighted by Crippen LogP contribution is 2.24. The Bertz CT molecular complexity index is 919. The predicted molar refractivity (Wildman–Crippen MR) is 94.9 cm³/mol. The minimum Gasteiger partial charge on any atom is -0.472 e. The molecule has 0 saturated heterocycles. The summed E-state index contributed by atoms with van der Waals surface area (Å²) in [6.45, 7) is 0. The third kappa shape index (κ3) is 3.72. The lowest BCUT2D eigenvalue weighted by molar-refractivity contribution is 0.0602. The van der Waals surface area contributed by atoms with Crippen LogP contribution in [-0.2, 0) is 4.74 Å². The molecule has 0 atom stereocenters. The topological polar surface area (TPSA) is 68.5 Å². The Morgan fingerprint density at radius 3 is 2.64 bits per heavy atom. The van der Waals surface area contributed by atoms with E-state index in [0.29, 0.717) is 16.3 Å². The fraction of sp³-hybridized carbons (Fsp3) is 0.0526. The molecule has 0 fully saturated rings. The highest BCUT2D eigenvalue weighted by Gasteiger charge is 2.16. The Kier molecular flexibility index (Phi) is 4.86. The smallest absolute Gasteiger partial charge is 0.340 e. The van der Waals surface area contributed by atoms with Crippen molar-refractivity contribution < 1.29 is 18.7 Å². The highest BCUT2D eigenvalue weighted by molar-refractivity contribution is 6.31. The van der Waals surface area contributed by atoms with Crippen LogP contribution in [-0.4, -0.2) is 19.0 Å². The van der Waals surface area contributed by atoms with Crippen LogP contribution in [0.3, 0.4) is 0 Å². The molecule has 0 saturated carbocycles. The molecule has 0 bridgehead atoms. The van der Waals surface area contributed by atoms with Crippen LogP contribution in [0, 0.1) is 0 Å². The lowest BCUT2D eigenvalue weighted by atomic mass is 10.1. The largest absolute Gasteiger partial charge is 0.472 e. The molecule has 2 aromatic carbocycles. The molecule has 0 radical (unpaired) electrons. The number of anilines is 1. The molecule has 0 aliphatic heterocycles. The summed E-state index contributed by atoms with van der Waals surface area (Å²) in [5.41, 5.74) is 2.69. The zero-order valence-corrected chi connectivity index (χ0v) is 14.0. The molecule has 25 heavy (non-hydrogen) atoms. The van der Waals surface area contributed by atoms with Crippen molar-refractivity contribution in [3.8, 4) is 11.1 Å². The van der Waals surface area contributed by atoms with E-state index >= 15 is 0 Å². The number of carbonyl (C=O) groups excluding carboxylic acids is 2. The molecule has 0 spiro atoms. The Morgan fingerprint density at radius 2 is 1.92 bits per heavy atom. The van der Waals surface area contributed by atoms with Crippen LogP contribution in [0.2, 0.25) is 5.02 Å². The number of benzene rings is 2. The molecule has 0 aliphatic carbocycles. The quantitative estimate of drug-likeness (QED) is 0.692. The van der Waals surface area contributed by atoms with E-state index in [1.807, 2.05) is 12.1 Å². The van der Waals surface area contributed by atoms with Gasteiger partial charge >= 0.3 is 5.97 Å². The lowest BCUT2D eigenvalue weighted by Gasteiger charge is -2.11. The third-order valence-electron chi connectivity index (χ3n) is 3.61. The van der Waals surface area contributed by atoms with Gasteiger partial charge in [0.2, 0.25) is 0 Å². The average molecular weight is 356 g/mol. The number of furan rings is 1. The molecule has 6 heteroatoms. The normalized spacial score (nSPS) is 10.3. The maximum absolute atomic E-state index is 12.6. The van der Waals surface area contributed by atoms with Gasteiger partial charge < -0.3 is 14.5 Å². The fourth-order valence-electron chi connectivity index (χ4n) is 2.37. The third-order valence-corrected chi connectivity index (χ3v) is 3.85. The number of nitrogens with one attached hydrogen (secondary N) is 1. The Balaban J connectivity index is 1.88. The van der Waals surface area contributed by atoms with Crippen LogP contribution >= 0.6 is 11.6 Å². The second-order valence-corrected chi connectivity index (χ2v) is 5.66. The molecule has 126 valence electrons. The molecule has 3 aromatic rings. The Labute approximate surface area is 149 Å². The SMILES string of the molecule is COC(=O)c1cc(Cl)ccc1NC(=O)c1cccc(-c2ccoc2)c1. The van der Waals surface area contributed by atoms with Gasteiger partial charge in [0.1, 0.15) is 0 Å². The maximum Gasteiger partial charge on any atom is 0.340 e. The van der Waals surface area contributed by atoms with E-state index in [0.717, 1.165) is 11.1 Å². The molecule has 0 unspecified atom stereocenters. The second kappa shape index (κ2) is 7.23. The summed E-state index contributed by atoms with van der Waals surface area (Å²) in [5.74, 6) is -0.928. The van der Waals surface area contributed by atoms with Gasteiger partial charge in [-0.1, -0.05) is 23.7 Å². The van der Waals surface area contributed by atoms with Crippen LogP contribution in [0.4, 0.5) is 5.69 Å². The van der Waals surface area contributed by atoms with E-state index < -0.39 is 5.97 Å². The van der Waals surface area contributed by atoms with E-state index in [9.17, 15) is 9.59 Å². The fourth-order valence-corrected chi connectivity index (χ4v) is 2.54. The average Bonchev–Trinajstić information content (AvgIpc) is 3.17. The lowest BCUT2D eigenvalue weighted by Crippen LogP contribution is -2.15. The zero-order valence-electron chi connectivity index (χ0n) is 13.3. The van der Waals surface area contributed by atoms with Crippen molar-refractivity contribution in [2.75, 3.05) is 12.4 Å². The van der Waals surface area contributed by atoms with Crippen LogP contribution in [0.25, 0.3) is 11.1 Å². The van der Waals surface area contributed by atoms with Crippen molar-refractivity contribution in [3.05, 3.63) is 77.2 Å². The van der Waals surface area contributed by atoms with Gasteiger partial charge in [-0.05, 0) is 42.0 Å². The maximum atomic E-state index is 12.6. The highest BCUT2D eigenvalue weighted by atomic mass is 35.5. The number of carbonyl (C=O) groups is 2. The minimum absolute atomic E-state index is 0.189. The number of rotatable bonds is 4. The molecule has 1 heterocycles. The van der Waals surface area contributed by atoms with Crippen LogP contribution < -0.4 is 5.32 Å². The molecular formula is C19H14ClNO4. The molecule has 3 rings (SSSR count). The second-order valence-electron chi connectivity index (χ2n) is 5.23. The Morgan fingerprint density at radius 1 is 1.08 bits per heavy atom. The first-order valence-corrected chi connectivity index (χ1v) is 7.78. The van der Waals surface area contributed by atoms with Crippen LogP contribution in [0.15, 0.2) is 65.5 Å². The molecule has 1 aromatic heterocycles. The van der Waals surface area contributed by atoms with E-state index in [4.69, 9.17) is 20.8 Å². The number of amides is 1. The minimum atomic E-state index is -0.579. The van der Waals surface area contributed by atoms with E-state index in [-0.39, 0.29) is 11.5 Å². The van der Waals surface area contributed by atoms with E-state index in [1.165, 1.54) is 13.2 Å². The number of esters is 1. The van der Waals surface area contributed by atoms with Gasteiger partial charge in [-0.2, -0.15) is 0 Å². The van der Waals surface area contributed by atoms with Crippen molar-refractivity contribution >= 4 is 29.2 Å². The predicted octanol–water partition coefficient (Wildman–Crippen LogP) is 4.64. The number of ether oxygens (including phenoxy) is 1. The van der Waals surface area contributed by atoms with Gasteiger partial charge in [-0.25, -0.2) is 4.79 Å². The van der Waals surface area contributed by atoms with E-state index in [1.54, 1.807) is 42.9 Å². The number of methoxy groups -OCH3 is 1. The molecule has 1 N–H and O–H groups in total. The van der Waals surface area contributed by atoms with Crippen molar-refractivity contribution in [1.29, 1.82) is 0 Å². The number of halogens is 1. The first-order chi connectivity index (χ1) is 12.1. The van der Waals surface area contributed by atoms with Gasteiger partial charge in [-0.15, -0.1) is 0 Å². The van der Waals surface area contributed by atoms with Gasteiger partial charge in [0.05, 0.1) is 30.9 Å². The summed E-state index contributed by atoms with van der Waals surface area (Å²) in [4.78, 5) is 24.4. The number of hydrogen-bond donors (Lipinski definition) is 1. The van der Waals surface area contributed by atoms with Crippen LogP contribution in [0.1, 0.15) is 20.7 Å².